The minimum Gasteiger partial charge on any atom is -0.348 e. The Morgan fingerprint density at radius 2 is 2.36 bits per heavy atom. The van der Waals surface area contributed by atoms with Crippen LogP contribution in [0.15, 0.2) is 23.4 Å². The first-order chi connectivity index (χ1) is 12.0. The molecule has 9 heteroatoms. The van der Waals surface area contributed by atoms with Crippen molar-refractivity contribution >= 4 is 39.9 Å². The number of thiophene rings is 1. The molecule has 3 aromatic rings. The van der Waals surface area contributed by atoms with Crippen LogP contribution >= 0.6 is 22.9 Å². The van der Waals surface area contributed by atoms with E-state index in [9.17, 15) is 9.59 Å². The van der Waals surface area contributed by atoms with Crippen molar-refractivity contribution in [3.8, 4) is 0 Å². The monoisotopic (exact) mass is 377 g/mol. The van der Waals surface area contributed by atoms with Crippen LogP contribution in [-0.2, 0) is 24.8 Å². The van der Waals surface area contributed by atoms with Gasteiger partial charge in [0.15, 0.2) is 5.65 Å². The number of rotatable bonds is 3. The predicted molar refractivity (Wildman–Crippen MR) is 95.9 cm³/mol. The summed E-state index contributed by atoms with van der Waals surface area (Å²) >= 11 is 7.68. The molecule has 0 saturated carbocycles. The highest BCUT2D eigenvalue weighted by Gasteiger charge is 2.24. The number of nitrogens with zero attached hydrogens (tertiary/aromatic N) is 4. The molecule has 0 saturated heterocycles. The molecular formula is C16H16ClN5O2S. The van der Waals surface area contributed by atoms with Crippen molar-refractivity contribution in [1.82, 2.24) is 24.6 Å². The van der Waals surface area contributed by atoms with Crippen LogP contribution in [0.3, 0.4) is 0 Å². The van der Waals surface area contributed by atoms with Gasteiger partial charge in [0, 0.05) is 11.9 Å². The standard InChI is InChI=1S/C16H16ClN5O2S/c1-21-15-10(6-19-21)16(24)22(8-18-15)7-14(23)20-11-3-2-4-12-9(11)5-13(17)25-12/h5-6,8,11H,2-4,7H2,1H3,(H,20,23). The summed E-state index contributed by atoms with van der Waals surface area (Å²) in [5, 5.41) is 7.45. The highest BCUT2D eigenvalue weighted by molar-refractivity contribution is 7.16. The third-order valence-electron chi connectivity index (χ3n) is 4.45. The zero-order valence-electron chi connectivity index (χ0n) is 13.5. The van der Waals surface area contributed by atoms with Gasteiger partial charge >= 0.3 is 0 Å². The zero-order chi connectivity index (χ0) is 17.6. The molecule has 0 fully saturated rings. The van der Waals surface area contributed by atoms with E-state index in [2.05, 4.69) is 15.4 Å². The molecule has 1 aliphatic carbocycles. The Labute approximate surface area is 152 Å². The number of halogens is 1. The third kappa shape index (κ3) is 2.96. The first-order valence-electron chi connectivity index (χ1n) is 7.97. The zero-order valence-corrected chi connectivity index (χ0v) is 15.1. The summed E-state index contributed by atoms with van der Waals surface area (Å²) in [5.74, 6) is -0.215. The summed E-state index contributed by atoms with van der Waals surface area (Å²) in [7, 11) is 1.72. The topological polar surface area (TPSA) is 81.8 Å². The lowest BCUT2D eigenvalue weighted by Crippen LogP contribution is -2.35. The Bertz CT molecular complexity index is 1020. The highest BCUT2D eigenvalue weighted by Crippen LogP contribution is 2.37. The Kier molecular flexibility index (Phi) is 4.09. The quantitative estimate of drug-likeness (QED) is 0.757. The summed E-state index contributed by atoms with van der Waals surface area (Å²) < 4.78 is 3.59. The summed E-state index contributed by atoms with van der Waals surface area (Å²) in [6, 6.07) is 1.88. The van der Waals surface area contributed by atoms with E-state index >= 15 is 0 Å². The molecule has 0 spiro atoms. The molecule has 1 atom stereocenters. The summed E-state index contributed by atoms with van der Waals surface area (Å²) in [6.07, 6.45) is 5.75. The lowest BCUT2D eigenvalue weighted by atomic mass is 9.94. The van der Waals surface area contributed by atoms with Gasteiger partial charge in [0.25, 0.3) is 5.56 Å². The van der Waals surface area contributed by atoms with Crippen LogP contribution in [0, 0.1) is 0 Å². The van der Waals surface area contributed by atoms with E-state index in [-0.39, 0.29) is 24.1 Å². The van der Waals surface area contributed by atoms with E-state index in [1.807, 2.05) is 6.07 Å². The fraction of sp³-hybridized carbons (Fsp3) is 0.375. The number of fused-ring (bicyclic) bond motifs is 2. The maximum atomic E-state index is 12.4. The van der Waals surface area contributed by atoms with E-state index in [1.165, 1.54) is 26.7 Å². The fourth-order valence-corrected chi connectivity index (χ4v) is 4.63. The molecule has 25 heavy (non-hydrogen) atoms. The maximum absolute atomic E-state index is 12.4. The molecule has 7 nitrogen and oxygen atoms in total. The first-order valence-corrected chi connectivity index (χ1v) is 9.17. The number of carbonyl (C=O) groups excluding carboxylic acids is 1. The minimum atomic E-state index is -0.267. The van der Waals surface area contributed by atoms with Gasteiger partial charge in [0.1, 0.15) is 18.3 Å². The molecule has 0 bridgehead atoms. The molecule has 3 aromatic heterocycles. The second-order valence-corrected chi connectivity index (χ2v) is 7.89. The van der Waals surface area contributed by atoms with E-state index in [0.29, 0.717) is 11.0 Å². The predicted octanol–water partition coefficient (Wildman–Crippen LogP) is 2.04. The smallest absolute Gasteiger partial charge is 0.264 e. The number of hydrogen-bond acceptors (Lipinski definition) is 5. The summed E-state index contributed by atoms with van der Waals surface area (Å²) in [6.45, 7) is -0.0691. The van der Waals surface area contributed by atoms with Gasteiger partial charge < -0.3 is 5.32 Å². The molecule has 3 heterocycles. The van der Waals surface area contributed by atoms with E-state index in [4.69, 9.17) is 11.6 Å². The van der Waals surface area contributed by atoms with Crippen molar-refractivity contribution in [2.75, 3.05) is 0 Å². The maximum Gasteiger partial charge on any atom is 0.264 e. The van der Waals surface area contributed by atoms with Crippen LogP contribution in [0.5, 0.6) is 0 Å². The van der Waals surface area contributed by atoms with Crippen LogP contribution < -0.4 is 10.9 Å². The molecule has 1 N–H and O–H groups in total. The number of aromatic nitrogens is 4. The van der Waals surface area contributed by atoms with E-state index in [0.717, 1.165) is 29.2 Å². The van der Waals surface area contributed by atoms with Crippen molar-refractivity contribution in [3.63, 3.8) is 0 Å². The molecule has 4 rings (SSSR count). The Morgan fingerprint density at radius 3 is 3.20 bits per heavy atom. The van der Waals surface area contributed by atoms with Gasteiger partial charge in [-0.25, -0.2) is 4.98 Å². The number of nitrogens with one attached hydrogen (secondary N) is 1. The SMILES string of the molecule is Cn1ncc2c(=O)n(CC(=O)NC3CCCc4sc(Cl)cc43)cnc21. The lowest BCUT2D eigenvalue weighted by Gasteiger charge is -2.23. The molecular weight excluding hydrogens is 362 g/mol. The Hall–Kier alpha value is -2.19. The summed E-state index contributed by atoms with van der Waals surface area (Å²) in [5.41, 5.74) is 1.34. The number of aryl methyl sites for hydroxylation is 2. The van der Waals surface area contributed by atoms with Crippen LogP contribution in [0.2, 0.25) is 4.34 Å². The number of carbonyl (C=O) groups is 1. The van der Waals surface area contributed by atoms with Crippen LogP contribution in [-0.4, -0.2) is 25.2 Å². The average molecular weight is 378 g/mol. The molecule has 1 unspecified atom stereocenters. The van der Waals surface area contributed by atoms with Gasteiger partial charge in [-0.05, 0) is 30.9 Å². The van der Waals surface area contributed by atoms with Crippen LogP contribution in [0.25, 0.3) is 11.0 Å². The largest absolute Gasteiger partial charge is 0.348 e. The average Bonchev–Trinajstić information content (AvgIpc) is 3.13. The van der Waals surface area contributed by atoms with Crippen molar-refractivity contribution in [2.24, 2.45) is 7.05 Å². The van der Waals surface area contributed by atoms with Gasteiger partial charge in [-0.3, -0.25) is 18.8 Å². The molecule has 0 aromatic carbocycles. The van der Waals surface area contributed by atoms with Gasteiger partial charge in [-0.2, -0.15) is 5.10 Å². The van der Waals surface area contributed by atoms with E-state index < -0.39 is 0 Å². The van der Waals surface area contributed by atoms with Crippen molar-refractivity contribution < 1.29 is 4.79 Å². The minimum absolute atomic E-state index is 0.0502. The normalized spacial score (nSPS) is 16.8. The van der Waals surface area contributed by atoms with Crippen molar-refractivity contribution in [2.45, 2.75) is 31.8 Å². The number of amides is 1. The number of hydrogen-bond donors (Lipinski definition) is 1. The van der Waals surface area contributed by atoms with Crippen molar-refractivity contribution in [1.29, 1.82) is 0 Å². The molecule has 0 aliphatic heterocycles. The molecule has 130 valence electrons. The third-order valence-corrected chi connectivity index (χ3v) is 5.79. The van der Waals surface area contributed by atoms with Gasteiger partial charge in [0.2, 0.25) is 5.91 Å². The van der Waals surface area contributed by atoms with Gasteiger partial charge in [0.05, 0.1) is 16.6 Å². The Morgan fingerprint density at radius 1 is 1.52 bits per heavy atom. The molecule has 1 aliphatic rings. The molecule has 0 radical (unpaired) electrons. The highest BCUT2D eigenvalue weighted by atomic mass is 35.5. The van der Waals surface area contributed by atoms with Crippen LogP contribution in [0.4, 0.5) is 0 Å². The first kappa shape index (κ1) is 16.3. The second-order valence-electron chi connectivity index (χ2n) is 6.12. The Balaban J connectivity index is 1.53. The van der Waals surface area contributed by atoms with E-state index in [1.54, 1.807) is 18.4 Å². The van der Waals surface area contributed by atoms with Gasteiger partial charge in [-0.1, -0.05) is 11.6 Å². The lowest BCUT2D eigenvalue weighted by molar-refractivity contribution is -0.122. The molecule has 1 amide bonds. The second kappa shape index (κ2) is 6.27. The fourth-order valence-electron chi connectivity index (χ4n) is 3.25. The van der Waals surface area contributed by atoms with Crippen molar-refractivity contribution in [3.05, 3.63) is 43.7 Å². The van der Waals surface area contributed by atoms with Crippen LogP contribution in [0.1, 0.15) is 29.3 Å². The van der Waals surface area contributed by atoms with Gasteiger partial charge in [-0.15, -0.1) is 11.3 Å². The summed E-state index contributed by atoms with van der Waals surface area (Å²) in [4.78, 5) is 30.3.